The summed E-state index contributed by atoms with van der Waals surface area (Å²) in [7, 11) is -1.86. The van der Waals surface area contributed by atoms with Crippen LogP contribution in [0.1, 0.15) is 33.3 Å². The van der Waals surface area contributed by atoms with E-state index in [-0.39, 0.29) is 17.6 Å². The minimum atomic E-state index is -1.86. The van der Waals surface area contributed by atoms with E-state index in [0.717, 1.165) is 17.0 Å². The second kappa shape index (κ2) is 7.18. The Hall–Kier alpha value is -1.49. The first-order valence-corrected chi connectivity index (χ1v) is 10.7. The molecule has 0 saturated heterocycles. The summed E-state index contributed by atoms with van der Waals surface area (Å²) in [6.07, 6.45) is 0. The number of rotatable bonds is 6. The molecule has 5 heteroatoms. The zero-order valence-corrected chi connectivity index (χ0v) is 15.9. The van der Waals surface area contributed by atoms with Crippen molar-refractivity contribution in [3.05, 3.63) is 23.8 Å². The van der Waals surface area contributed by atoms with E-state index in [1.54, 1.807) is 6.92 Å². The van der Waals surface area contributed by atoms with Crippen molar-refractivity contribution in [2.24, 2.45) is 0 Å². The zero-order valence-electron chi connectivity index (χ0n) is 14.9. The Bertz CT molecular complexity index is 521. The number of aryl methyl sites for hydroxylation is 1. The fourth-order valence-corrected chi connectivity index (χ4v) is 2.70. The number of hydrogen-bond donors (Lipinski definition) is 1. The lowest BCUT2D eigenvalue weighted by Crippen LogP contribution is -2.43. The van der Waals surface area contributed by atoms with Crippen molar-refractivity contribution >= 4 is 20.0 Å². The first-order valence-electron chi connectivity index (χ1n) is 7.76. The summed E-state index contributed by atoms with van der Waals surface area (Å²) in [6, 6.07) is 5.97. The van der Waals surface area contributed by atoms with Crippen molar-refractivity contribution in [3.8, 4) is 5.75 Å². The van der Waals surface area contributed by atoms with Gasteiger partial charge in [-0.1, -0.05) is 26.8 Å². The minimum Gasteiger partial charge on any atom is -0.543 e. The Kier molecular flexibility index (Phi) is 6.05. The van der Waals surface area contributed by atoms with Gasteiger partial charge in [0.25, 0.3) is 0 Å². The first kappa shape index (κ1) is 18.6. The van der Waals surface area contributed by atoms with Crippen LogP contribution in [-0.2, 0) is 9.53 Å². The molecule has 0 amide bonds. The van der Waals surface area contributed by atoms with Gasteiger partial charge in [0.2, 0.25) is 8.32 Å². The fraction of sp³-hybridized carbons (Fsp3) is 0.588. The van der Waals surface area contributed by atoms with Gasteiger partial charge in [-0.2, -0.15) is 0 Å². The molecule has 0 aliphatic carbocycles. The third-order valence-corrected chi connectivity index (χ3v) is 8.48. The molecule has 1 N–H and O–H groups in total. The molecule has 22 heavy (non-hydrogen) atoms. The molecule has 124 valence electrons. The van der Waals surface area contributed by atoms with Crippen LogP contribution in [0.3, 0.4) is 0 Å². The second-order valence-corrected chi connectivity index (χ2v) is 11.7. The van der Waals surface area contributed by atoms with E-state index in [1.165, 1.54) is 0 Å². The van der Waals surface area contributed by atoms with Crippen LogP contribution in [0.4, 0.5) is 5.69 Å². The molecule has 0 unspecified atom stereocenters. The molecule has 0 radical (unpaired) electrons. The normalized spacial score (nSPS) is 12.0. The van der Waals surface area contributed by atoms with E-state index >= 15 is 0 Å². The van der Waals surface area contributed by atoms with Gasteiger partial charge in [0.05, 0.1) is 6.61 Å². The molecule has 0 fully saturated rings. The lowest BCUT2D eigenvalue weighted by molar-refractivity contribution is -0.140. The highest BCUT2D eigenvalue weighted by Gasteiger charge is 2.39. The molecule has 0 spiro atoms. The molecule has 1 aromatic carbocycles. The Balaban J connectivity index is 2.84. The molecule has 0 aliphatic heterocycles. The van der Waals surface area contributed by atoms with Crippen molar-refractivity contribution in [2.75, 3.05) is 18.5 Å². The third-order valence-electron chi connectivity index (χ3n) is 4.12. The molecular formula is C17H29NO3Si. The number of anilines is 1. The largest absolute Gasteiger partial charge is 0.543 e. The lowest BCUT2D eigenvalue weighted by atomic mass is 10.2. The van der Waals surface area contributed by atoms with Crippen LogP contribution in [-0.4, -0.2) is 27.4 Å². The number of nitrogens with one attached hydrogen (secondary N) is 1. The van der Waals surface area contributed by atoms with E-state index in [4.69, 9.17) is 9.16 Å². The van der Waals surface area contributed by atoms with Crippen LogP contribution < -0.4 is 9.74 Å². The number of esters is 1. The Morgan fingerprint density at radius 3 is 2.45 bits per heavy atom. The third kappa shape index (κ3) is 5.05. The maximum atomic E-state index is 11.5. The van der Waals surface area contributed by atoms with Gasteiger partial charge in [0, 0.05) is 11.8 Å². The SMILES string of the molecule is CCOC(=O)CNc1cc(O[Si](C)(C)C(C)(C)C)ccc1C. The van der Waals surface area contributed by atoms with Crippen molar-refractivity contribution < 1.29 is 14.0 Å². The van der Waals surface area contributed by atoms with E-state index in [1.807, 2.05) is 25.1 Å². The number of hydrogen-bond acceptors (Lipinski definition) is 4. The van der Waals surface area contributed by atoms with Gasteiger partial charge in [-0.25, -0.2) is 0 Å². The molecule has 4 nitrogen and oxygen atoms in total. The monoisotopic (exact) mass is 323 g/mol. The molecule has 0 heterocycles. The molecule has 1 aromatic rings. The van der Waals surface area contributed by atoms with Gasteiger partial charge < -0.3 is 14.5 Å². The molecule has 0 bridgehead atoms. The summed E-state index contributed by atoms with van der Waals surface area (Å²) in [5.41, 5.74) is 1.98. The summed E-state index contributed by atoms with van der Waals surface area (Å²) in [6.45, 7) is 15.5. The maximum Gasteiger partial charge on any atom is 0.325 e. The smallest absolute Gasteiger partial charge is 0.325 e. The standard InChI is InChI=1S/C17H29NO3Si/c1-8-20-16(19)12-18-15-11-14(10-9-13(15)2)21-22(6,7)17(3,4)5/h9-11,18H,8,12H2,1-7H3. The average Bonchev–Trinajstić information content (AvgIpc) is 2.38. The Labute approximate surface area is 135 Å². The molecule has 1 rings (SSSR count). The average molecular weight is 324 g/mol. The summed E-state index contributed by atoms with van der Waals surface area (Å²) < 4.78 is 11.2. The van der Waals surface area contributed by atoms with Gasteiger partial charge in [-0.15, -0.1) is 0 Å². The lowest BCUT2D eigenvalue weighted by Gasteiger charge is -2.36. The summed E-state index contributed by atoms with van der Waals surface area (Å²) in [5, 5.41) is 3.27. The molecule has 0 atom stereocenters. The summed E-state index contributed by atoms with van der Waals surface area (Å²) in [4.78, 5) is 11.5. The number of carbonyl (C=O) groups is 1. The first-order chi connectivity index (χ1) is 10.1. The van der Waals surface area contributed by atoms with Crippen LogP contribution in [0.5, 0.6) is 5.75 Å². The van der Waals surface area contributed by atoms with E-state index in [9.17, 15) is 4.79 Å². The Morgan fingerprint density at radius 1 is 1.27 bits per heavy atom. The summed E-state index contributed by atoms with van der Waals surface area (Å²) >= 11 is 0. The van der Waals surface area contributed by atoms with E-state index in [0.29, 0.717) is 6.61 Å². The molecule has 0 aliphatic rings. The van der Waals surface area contributed by atoms with Gasteiger partial charge in [0.1, 0.15) is 12.3 Å². The predicted molar refractivity (Wildman–Crippen MR) is 94.1 cm³/mol. The van der Waals surface area contributed by atoms with Crippen LogP contribution in [0.15, 0.2) is 18.2 Å². The van der Waals surface area contributed by atoms with E-state index in [2.05, 4.69) is 39.2 Å². The highest BCUT2D eigenvalue weighted by Crippen LogP contribution is 2.38. The quantitative estimate of drug-likeness (QED) is 0.624. The second-order valence-electron chi connectivity index (χ2n) is 7.00. The van der Waals surface area contributed by atoms with Gasteiger partial charge in [-0.05, 0) is 43.6 Å². The van der Waals surface area contributed by atoms with Crippen LogP contribution in [0.25, 0.3) is 0 Å². The van der Waals surface area contributed by atoms with Gasteiger partial charge in [0.15, 0.2) is 0 Å². The van der Waals surface area contributed by atoms with Gasteiger partial charge in [-0.3, -0.25) is 4.79 Å². The van der Waals surface area contributed by atoms with Crippen LogP contribution >= 0.6 is 0 Å². The van der Waals surface area contributed by atoms with Crippen molar-refractivity contribution in [3.63, 3.8) is 0 Å². The maximum absolute atomic E-state index is 11.5. The van der Waals surface area contributed by atoms with Crippen molar-refractivity contribution in [1.82, 2.24) is 0 Å². The number of carbonyl (C=O) groups excluding carboxylic acids is 1. The fourth-order valence-electron chi connectivity index (χ4n) is 1.68. The highest BCUT2D eigenvalue weighted by atomic mass is 28.4. The minimum absolute atomic E-state index is 0.149. The van der Waals surface area contributed by atoms with Crippen LogP contribution in [0.2, 0.25) is 18.1 Å². The molecule has 0 aromatic heterocycles. The Morgan fingerprint density at radius 2 is 1.91 bits per heavy atom. The predicted octanol–water partition coefficient (Wildman–Crippen LogP) is 4.35. The highest BCUT2D eigenvalue weighted by molar-refractivity contribution is 6.74. The zero-order chi connectivity index (χ0) is 17.0. The topological polar surface area (TPSA) is 47.6 Å². The summed E-state index contributed by atoms with van der Waals surface area (Å²) in [5.74, 6) is 0.598. The van der Waals surface area contributed by atoms with Crippen LogP contribution in [0, 0.1) is 6.92 Å². The number of ether oxygens (including phenoxy) is 1. The molecule has 0 saturated carbocycles. The van der Waals surface area contributed by atoms with Gasteiger partial charge >= 0.3 is 5.97 Å². The molecular weight excluding hydrogens is 294 g/mol. The van der Waals surface area contributed by atoms with Crippen molar-refractivity contribution in [1.29, 1.82) is 0 Å². The van der Waals surface area contributed by atoms with E-state index < -0.39 is 8.32 Å². The number of benzene rings is 1. The van der Waals surface area contributed by atoms with Crippen molar-refractivity contribution in [2.45, 2.75) is 52.8 Å².